The SMILES string of the molecule is CCn1c(=O)oc2cc(S(=O)(=O)Nc3ccc(Br)cc3F)ccc21. The van der Waals surface area contributed by atoms with Crippen LogP contribution in [-0.4, -0.2) is 13.0 Å². The summed E-state index contributed by atoms with van der Waals surface area (Å²) in [6.45, 7) is 2.18. The van der Waals surface area contributed by atoms with Gasteiger partial charge in [-0.05, 0) is 37.3 Å². The first-order valence-corrected chi connectivity index (χ1v) is 9.20. The molecule has 0 bridgehead atoms. The van der Waals surface area contributed by atoms with Crippen LogP contribution in [0.4, 0.5) is 10.1 Å². The van der Waals surface area contributed by atoms with E-state index < -0.39 is 21.6 Å². The van der Waals surface area contributed by atoms with Gasteiger partial charge in [-0.3, -0.25) is 9.29 Å². The van der Waals surface area contributed by atoms with Crippen LogP contribution in [0.15, 0.2) is 55.0 Å². The van der Waals surface area contributed by atoms with E-state index in [1.165, 1.54) is 34.9 Å². The third kappa shape index (κ3) is 2.96. The highest BCUT2D eigenvalue weighted by Gasteiger charge is 2.19. The monoisotopic (exact) mass is 414 g/mol. The van der Waals surface area contributed by atoms with Crippen molar-refractivity contribution in [2.24, 2.45) is 0 Å². The lowest BCUT2D eigenvalue weighted by molar-refractivity contribution is 0.512. The Bertz CT molecular complexity index is 1090. The molecule has 3 rings (SSSR count). The van der Waals surface area contributed by atoms with E-state index in [0.29, 0.717) is 16.5 Å². The van der Waals surface area contributed by atoms with E-state index in [1.54, 1.807) is 6.92 Å². The summed E-state index contributed by atoms with van der Waals surface area (Å²) in [7, 11) is -4.03. The van der Waals surface area contributed by atoms with E-state index >= 15 is 0 Å². The van der Waals surface area contributed by atoms with Crippen molar-refractivity contribution < 1.29 is 17.2 Å². The van der Waals surface area contributed by atoms with Gasteiger partial charge in [0.2, 0.25) is 0 Å². The van der Waals surface area contributed by atoms with Crippen molar-refractivity contribution in [3.05, 3.63) is 57.2 Å². The maximum atomic E-state index is 13.8. The fraction of sp³-hybridized carbons (Fsp3) is 0.133. The number of nitrogens with one attached hydrogen (secondary N) is 1. The van der Waals surface area contributed by atoms with Crippen LogP contribution < -0.4 is 10.5 Å². The van der Waals surface area contributed by atoms with Gasteiger partial charge in [0.05, 0.1) is 16.1 Å². The molecule has 1 N–H and O–H groups in total. The summed E-state index contributed by atoms with van der Waals surface area (Å²) in [6.07, 6.45) is 0. The predicted octanol–water partition coefficient (Wildman–Crippen LogP) is 3.32. The Balaban J connectivity index is 2.03. The number of fused-ring (bicyclic) bond motifs is 1. The molecule has 0 atom stereocenters. The van der Waals surface area contributed by atoms with Gasteiger partial charge in [0, 0.05) is 17.1 Å². The smallest absolute Gasteiger partial charge is 0.408 e. The molecule has 1 aromatic heterocycles. The summed E-state index contributed by atoms with van der Waals surface area (Å²) < 4.78 is 47.8. The van der Waals surface area contributed by atoms with Gasteiger partial charge in [0.1, 0.15) is 5.82 Å². The molecule has 6 nitrogen and oxygen atoms in total. The Labute approximate surface area is 145 Å². The summed E-state index contributed by atoms with van der Waals surface area (Å²) >= 11 is 3.10. The maximum absolute atomic E-state index is 13.8. The Morgan fingerprint density at radius 3 is 2.67 bits per heavy atom. The van der Waals surface area contributed by atoms with Gasteiger partial charge in [-0.15, -0.1) is 0 Å². The molecule has 3 aromatic rings. The average Bonchev–Trinajstić information content (AvgIpc) is 2.84. The number of anilines is 1. The van der Waals surface area contributed by atoms with Crippen LogP contribution in [0.25, 0.3) is 11.1 Å². The Kier molecular flexibility index (Phi) is 4.22. The molecule has 24 heavy (non-hydrogen) atoms. The van der Waals surface area contributed by atoms with Crippen LogP contribution in [0.5, 0.6) is 0 Å². The molecule has 0 spiro atoms. The number of rotatable bonds is 4. The zero-order valence-electron chi connectivity index (χ0n) is 12.4. The molecular weight excluding hydrogens is 403 g/mol. The zero-order valence-corrected chi connectivity index (χ0v) is 14.8. The van der Waals surface area contributed by atoms with Crippen molar-refractivity contribution in [1.29, 1.82) is 0 Å². The minimum absolute atomic E-state index is 0.130. The van der Waals surface area contributed by atoms with Crippen molar-refractivity contribution >= 4 is 42.7 Å². The van der Waals surface area contributed by atoms with Crippen LogP contribution >= 0.6 is 15.9 Å². The van der Waals surface area contributed by atoms with Crippen molar-refractivity contribution in [2.45, 2.75) is 18.4 Å². The van der Waals surface area contributed by atoms with Crippen molar-refractivity contribution in [3.63, 3.8) is 0 Å². The van der Waals surface area contributed by atoms with Gasteiger partial charge in [-0.2, -0.15) is 0 Å². The molecule has 0 aliphatic heterocycles. The highest BCUT2D eigenvalue weighted by atomic mass is 79.9. The lowest BCUT2D eigenvalue weighted by Crippen LogP contribution is -2.14. The third-order valence-corrected chi connectivity index (χ3v) is 5.30. The molecule has 1 heterocycles. The molecule has 0 amide bonds. The summed E-state index contributed by atoms with van der Waals surface area (Å²) in [6, 6.07) is 8.04. The lowest BCUT2D eigenvalue weighted by Gasteiger charge is -2.09. The zero-order chi connectivity index (χ0) is 17.5. The van der Waals surface area contributed by atoms with Gasteiger partial charge in [-0.25, -0.2) is 17.6 Å². The third-order valence-electron chi connectivity index (χ3n) is 3.44. The number of nitrogens with zero attached hydrogens (tertiary/aromatic N) is 1. The van der Waals surface area contributed by atoms with E-state index in [4.69, 9.17) is 4.42 Å². The molecule has 2 aromatic carbocycles. The normalized spacial score (nSPS) is 11.8. The molecule has 0 saturated heterocycles. The summed E-state index contributed by atoms with van der Waals surface area (Å²) in [5.74, 6) is -1.27. The van der Waals surface area contributed by atoms with E-state index in [2.05, 4.69) is 20.7 Å². The fourth-order valence-electron chi connectivity index (χ4n) is 2.29. The molecular formula is C15H12BrFN2O4S. The number of hydrogen-bond acceptors (Lipinski definition) is 4. The molecule has 126 valence electrons. The van der Waals surface area contributed by atoms with Crippen LogP contribution in [0.2, 0.25) is 0 Å². The Morgan fingerprint density at radius 1 is 1.25 bits per heavy atom. The minimum Gasteiger partial charge on any atom is -0.408 e. The van der Waals surface area contributed by atoms with Gasteiger partial charge in [-0.1, -0.05) is 15.9 Å². The van der Waals surface area contributed by atoms with E-state index in [9.17, 15) is 17.6 Å². The Hall–Kier alpha value is -2.13. The minimum atomic E-state index is -4.03. The first-order chi connectivity index (χ1) is 11.3. The number of sulfonamides is 1. The number of hydrogen-bond donors (Lipinski definition) is 1. The summed E-state index contributed by atoms with van der Waals surface area (Å²) in [5, 5.41) is 0. The van der Waals surface area contributed by atoms with Gasteiger partial charge in [0.25, 0.3) is 10.0 Å². The molecule has 0 unspecified atom stereocenters. The molecule has 0 saturated carbocycles. The quantitative estimate of drug-likeness (QED) is 0.709. The highest BCUT2D eigenvalue weighted by molar-refractivity contribution is 9.10. The van der Waals surface area contributed by atoms with Gasteiger partial charge in [0.15, 0.2) is 5.58 Å². The number of halogens is 2. The predicted molar refractivity (Wildman–Crippen MR) is 91.1 cm³/mol. The molecule has 0 aliphatic rings. The standard InChI is InChI=1S/C15H12BrFN2O4S/c1-2-19-13-6-4-10(8-14(13)23-15(19)20)24(21,22)18-12-5-3-9(16)7-11(12)17/h3-8,18H,2H2,1H3. The summed E-state index contributed by atoms with van der Waals surface area (Å²) in [4.78, 5) is 11.5. The summed E-state index contributed by atoms with van der Waals surface area (Å²) in [5.41, 5.74) is 0.475. The van der Waals surface area contributed by atoms with Crippen LogP contribution in [-0.2, 0) is 16.6 Å². The Morgan fingerprint density at radius 2 is 2.00 bits per heavy atom. The number of oxazole rings is 1. The second-order valence-electron chi connectivity index (χ2n) is 4.97. The largest absolute Gasteiger partial charge is 0.419 e. The second kappa shape index (κ2) is 6.06. The van der Waals surface area contributed by atoms with E-state index in [0.717, 1.165) is 6.07 Å². The van der Waals surface area contributed by atoms with Crippen molar-refractivity contribution in [2.75, 3.05) is 4.72 Å². The lowest BCUT2D eigenvalue weighted by atomic mass is 10.3. The molecule has 0 radical (unpaired) electrons. The van der Waals surface area contributed by atoms with Crippen LogP contribution in [0, 0.1) is 5.82 Å². The fourth-order valence-corrected chi connectivity index (χ4v) is 3.70. The van der Waals surface area contributed by atoms with Crippen molar-refractivity contribution in [3.8, 4) is 0 Å². The van der Waals surface area contributed by atoms with E-state index in [1.807, 2.05) is 0 Å². The van der Waals surface area contributed by atoms with Crippen LogP contribution in [0.1, 0.15) is 6.92 Å². The van der Waals surface area contributed by atoms with Gasteiger partial charge >= 0.3 is 5.76 Å². The first kappa shape index (κ1) is 16.7. The molecule has 0 aliphatic carbocycles. The van der Waals surface area contributed by atoms with Crippen LogP contribution in [0.3, 0.4) is 0 Å². The van der Waals surface area contributed by atoms with Crippen molar-refractivity contribution in [1.82, 2.24) is 4.57 Å². The number of benzene rings is 2. The maximum Gasteiger partial charge on any atom is 0.419 e. The second-order valence-corrected chi connectivity index (χ2v) is 7.57. The van der Waals surface area contributed by atoms with E-state index in [-0.39, 0.29) is 16.2 Å². The highest BCUT2D eigenvalue weighted by Crippen LogP contribution is 2.24. The number of aromatic nitrogens is 1. The molecule has 9 heteroatoms. The first-order valence-electron chi connectivity index (χ1n) is 6.93. The van der Waals surface area contributed by atoms with Gasteiger partial charge < -0.3 is 4.42 Å². The number of aryl methyl sites for hydroxylation is 1. The molecule has 0 fully saturated rings. The topological polar surface area (TPSA) is 81.3 Å². The average molecular weight is 415 g/mol.